The largest absolute Gasteiger partial charge is 0.355 e. The number of hydrogen-bond acceptors (Lipinski definition) is 2. The SMILES string of the molecule is CC1(CNC(=O)[C@@H]2CCC[C@@H]2CN)CCC1.Cl. The molecule has 1 amide bonds. The molecule has 2 aliphatic rings. The molecule has 0 saturated heterocycles. The monoisotopic (exact) mass is 260 g/mol. The van der Waals surface area contributed by atoms with Crippen LogP contribution >= 0.6 is 12.4 Å². The fourth-order valence-corrected chi connectivity index (χ4v) is 3.05. The second-order valence-corrected chi connectivity index (χ2v) is 5.92. The second-order valence-electron chi connectivity index (χ2n) is 5.92. The van der Waals surface area contributed by atoms with Crippen molar-refractivity contribution in [2.24, 2.45) is 23.0 Å². The lowest BCUT2D eigenvalue weighted by Crippen LogP contribution is -2.43. The number of hydrogen-bond donors (Lipinski definition) is 2. The van der Waals surface area contributed by atoms with Gasteiger partial charge in [0.1, 0.15) is 0 Å². The molecular weight excluding hydrogens is 236 g/mol. The summed E-state index contributed by atoms with van der Waals surface area (Å²) in [4.78, 5) is 12.0. The molecular formula is C13H25ClN2O. The predicted molar refractivity (Wildman–Crippen MR) is 72.1 cm³/mol. The minimum Gasteiger partial charge on any atom is -0.355 e. The molecule has 0 aromatic heterocycles. The average molecular weight is 261 g/mol. The van der Waals surface area contributed by atoms with Gasteiger partial charge in [0, 0.05) is 12.5 Å². The maximum atomic E-state index is 12.0. The van der Waals surface area contributed by atoms with Crippen LogP contribution in [0.25, 0.3) is 0 Å². The van der Waals surface area contributed by atoms with Gasteiger partial charge in [-0.2, -0.15) is 0 Å². The van der Waals surface area contributed by atoms with E-state index in [1.165, 1.54) is 19.3 Å². The summed E-state index contributed by atoms with van der Waals surface area (Å²) in [5.41, 5.74) is 6.08. The summed E-state index contributed by atoms with van der Waals surface area (Å²) >= 11 is 0. The summed E-state index contributed by atoms with van der Waals surface area (Å²) in [5.74, 6) is 0.865. The van der Waals surface area contributed by atoms with Crippen LogP contribution in [0, 0.1) is 17.3 Å². The van der Waals surface area contributed by atoms with Crippen LogP contribution < -0.4 is 11.1 Å². The number of nitrogens with two attached hydrogens (primary N) is 1. The quantitative estimate of drug-likeness (QED) is 0.813. The Hall–Kier alpha value is -0.280. The highest BCUT2D eigenvalue weighted by Gasteiger charge is 2.35. The summed E-state index contributed by atoms with van der Waals surface area (Å²) in [7, 11) is 0. The molecule has 3 N–H and O–H groups in total. The Morgan fingerprint density at radius 3 is 2.59 bits per heavy atom. The van der Waals surface area contributed by atoms with E-state index in [0.29, 0.717) is 17.9 Å². The van der Waals surface area contributed by atoms with Gasteiger partial charge in [-0.1, -0.05) is 19.8 Å². The van der Waals surface area contributed by atoms with Crippen LogP contribution in [0.3, 0.4) is 0 Å². The molecule has 2 fully saturated rings. The van der Waals surface area contributed by atoms with E-state index in [9.17, 15) is 4.79 Å². The first-order valence-corrected chi connectivity index (χ1v) is 6.62. The van der Waals surface area contributed by atoms with E-state index in [1.807, 2.05) is 0 Å². The van der Waals surface area contributed by atoms with E-state index in [0.717, 1.165) is 25.8 Å². The molecule has 3 nitrogen and oxygen atoms in total. The Balaban J connectivity index is 0.00000144. The number of carbonyl (C=O) groups is 1. The van der Waals surface area contributed by atoms with Gasteiger partial charge in [-0.25, -0.2) is 0 Å². The molecule has 2 atom stereocenters. The van der Waals surface area contributed by atoms with E-state index in [4.69, 9.17) is 5.73 Å². The Bertz CT molecular complexity index is 266. The van der Waals surface area contributed by atoms with Gasteiger partial charge in [-0.05, 0) is 43.6 Å². The number of halogens is 1. The molecule has 2 aliphatic carbocycles. The summed E-state index contributed by atoms with van der Waals surface area (Å²) in [6.45, 7) is 3.79. The van der Waals surface area contributed by atoms with Crippen molar-refractivity contribution in [1.29, 1.82) is 0 Å². The third kappa shape index (κ3) is 3.35. The van der Waals surface area contributed by atoms with Crippen LogP contribution in [0.2, 0.25) is 0 Å². The third-order valence-electron chi connectivity index (χ3n) is 4.55. The van der Waals surface area contributed by atoms with Crippen molar-refractivity contribution in [2.45, 2.75) is 45.4 Å². The van der Waals surface area contributed by atoms with Crippen molar-refractivity contribution < 1.29 is 4.79 Å². The zero-order chi connectivity index (χ0) is 11.6. The van der Waals surface area contributed by atoms with Crippen molar-refractivity contribution in [3.05, 3.63) is 0 Å². The maximum Gasteiger partial charge on any atom is 0.223 e. The van der Waals surface area contributed by atoms with E-state index in [2.05, 4.69) is 12.2 Å². The van der Waals surface area contributed by atoms with Crippen molar-refractivity contribution in [1.82, 2.24) is 5.32 Å². The topological polar surface area (TPSA) is 55.1 Å². The molecule has 4 heteroatoms. The van der Waals surface area contributed by atoms with Gasteiger partial charge in [0.05, 0.1) is 0 Å². The van der Waals surface area contributed by atoms with Gasteiger partial charge in [0.2, 0.25) is 5.91 Å². The van der Waals surface area contributed by atoms with E-state index in [-0.39, 0.29) is 24.2 Å². The summed E-state index contributed by atoms with van der Waals surface area (Å²) in [6.07, 6.45) is 7.17. The Morgan fingerprint density at radius 2 is 2.06 bits per heavy atom. The third-order valence-corrected chi connectivity index (χ3v) is 4.55. The van der Waals surface area contributed by atoms with E-state index < -0.39 is 0 Å². The van der Waals surface area contributed by atoms with E-state index >= 15 is 0 Å². The first-order valence-electron chi connectivity index (χ1n) is 6.62. The van der Waals surface area contributed by atoms with Crippen LogP contribution in [-0.2, 0) is 4.79 Å². The minimum absolute atomic E-state index is 0. The molecule has 0 radical (unpaired) electrons. The molecule has 2 saturated carbocycles. The zero-order valence-electron chi connectivity index (χ0n) is 10.7. The van der Waals surface area contributed by atoms with Gasteiger partial charge in [-0.15, -0.1) is 12.4 Å². The molecule has 0 heterocycles. The van der Waals surface area contributed by atoms with Crippen LogP contribution in [0.1, 0.15) is 45.4 Å². The normalized spacial score (nSPS) is 30.2. The molecule has 0 aromatic carbocycles. The van der Waals surface area contributed by atoms with Crippen molar-refractivity contribution in [2.75, 3.05) is 13.1 Å². The smallest absolute Gasteiger partial charge is 0.223 e. The van der Waals surface area contributed by atoms with Crippen molar-refractivity contribution >= 4 is 18.3 Å². The molecule has 2 rings (SSSR count). The summed E-state index contributed by atoms with van der Waals surface area (Å²) in [6, 6.07) is 0. The number of amides is 1. The number of nitrogens with one attached hydrogen (secondary N) is 1. The molecule has 0 bridgehead atoms. The molecule has 100 valence electrons. The Labute approximate surface area is 110 Å². The van der Waals surface area contributed by atoms with Crippen LogP contribution in [0.5, 0.6) is 0 Å². The summed E-state index contributed by atoms with van der Waals surface area (Å²) < 4.78 is 0. The van der Waals surface area contributed by atoms with Crippen molar-refractivity contribution in [3.63, 3.8) is 0 Å². The molecule has 17 heavy (non-hydrogen) atoms. The van der Waals surface area contributed by atoms with Crippen LogP contribution in [0.4, 0.5) is 0 Å². The highest BCUT2D eigenvalue weighted by molar-refractivity contribution is 5.85. The van der Waals surface area contributed by atoms with Gasteiger partial charge >= 0.3 is 0 Å². The fourth-order valence-electron chi connectivity index (χ4n) is 3.05. The molecule has 0 aliphatic heterocycles. The standard InChI is InChI=1S/C13H24N2O.ClH/c1-13(6-3-7-13)9-15-12(16)11-5-2-4-10(11)8-14;/h10-11H,2-9,14H2,1H3,(H,15,16);1H/t10-,11-;/m1./s1. The van der Waals surface area contributed by atoms with Gasteiger partial charge < -0.3 is 11.1 Å². The van der Waals surface area contributed by atoms with Gasteiger partial charge in [-0.3, -0.25) is 4.79 Å². The average Bonchev–Trinajstić information content (AvgIpc) is 2.71. The summed E-state index contributed by atoms with van der Waals surface area (Å²) in [5, 5.41) is 3.14. The maximum absolute atomic E-state index is 12.0. The van der Waals surface area contributed by atoms with Crippen LogP contribution in [-0.4, -0.2) is 19.0 Å². The minimum atomic E-state index is 0. The fraction of sp³-hybridized carbons (Fsp3) is 0.923. The lowest BCUT2D eigenvalue weighted by atomic mass is 9.70. The first-order chi connectivity index (χ1) is 7.64. The number of rotatable bonds is 4. The van der Waals surface area contributed by atoms with Crippen molar-refractivity contribution in [3.8, 4) is 0 Å². The lowest BCUT2D eigenvalue weighted by molar-refractivity contribution is -0.126. The predicted octanol–water partition coefficient (Wildman–Crippen LogP) is 2.09. The Kier molecular flexibility index (Phi) is 5.26. The molecule has 0 unspecified atom stereocenters. The molecule has 0 spiro atoms. The zero-order valence-corrected chi connectivity index (χ0v) is 11.5. The highest BCUT2D eigenvalue weighted by atomic mass is 35.5. The van der Waals surface area contributed by atoms with E-state index in [1.54, 1.807) is 0 Å². The van der Waals surface area contributed by atoms with Gasteiger partial charge in [0.25, 0.3) is 0 Å². The van der Waals surface area contributed by atoms with Crippen LogP contribution in [0.15, 0.2) is 0 Å². The Morgan fingerprint density at radius 1 is 1.35 bits per heavy atom. The highest BCUT2D eigenvalue weighted by Crippen LogP contribution is 2.39. The second kappa shape index (κ2) is 6.05. The molecule has 0 aromatic rings. The number of carbonyl (C=O) groups excluding carboxylic acids is 1. The first kappa shape index (κ1) is 14.8. The lowest BCUT2D eigenvalue weighted by Gasteiger charge is -2.38. The van der Waals surface area contributed by atoms with Gasteiger partial charge in [0.15, 0.2) is 0 Å².